The molecule has 21 heavy (non-hydrogen) atoms. The molecule has 2 aromatic rings. The quantitative estimate of drug-likeness (QED) is 0.790. The summed E-state index contributed by atoms with van der Waals surface area (Å²) in [6.45, 7) is 1.78. The molecule has 3 nitrogen and oxygen atoms in total. The normalized spacial score (nSPS) is 17.6. The molecule has 0 radical (unpaired) electrons. The van der Waals surface area contributed by atoms with Gasteiger partial charge in [0.1, 0.15) is 0 Å². The molecule has 1 aromatic carbocycles. The van der Waals surface area contributed by atoms with Gasteiger partial charge in [0.05, 0.1) is 12.0 Å². The number of ether oxygens (including phenoxy) is 1. The van der Waals surface area contributed by atoms with Gasteiger partial charge in [0, 0.05) is 18.9 Å². The molecule has 1 unspecified atom stereocenters. The first-order chi connectivity index (χ1) is 10.4. The van der Waals surface area contributed by atoms with Crippen LogP contribution in [0.1, 0.15) is 36.2 Å². The lowest BCUT2D eigenvalue weighted by atomic mass is 9.90. The highest BCUT2D eigenvalue weighted by molar-refractivity contribution is 5.15. The minimum atomic E-state index is 0.659. The van der Waals surface area contributed by atoms with Gasteiger partial charge in [0.25, 0.3) is 0 Å². The second kappa shape index (κ2) is 7.41. The predicted molar refractivity (Wildman–Crippen MR) is 84.3 cm³/mol. The summed E-state index contributed by atoms with van der Waals surface area (Å²) in [6, 6.07) is 10.7. The number of aromatic amines is 1. The number of nitrogens with zero attached hydrogens (tertiary/aromatic N) is 1. The molecule has 1 aliphatic rings. The van der Waals surface area contributed by atoms with Gasteiger partial charge in [-0.2, -0.15) is 0 Å². The fraction of sp³-hybridized carbons (Fsp3) is 0.500. The number of hydrogen-bond donors (Lipinski definition) is 1. The summed E-state index contributed by atoms with van der Waals surface area (Å²) in [7, 11) is 0. The van der Waals surface area contributed by atoms with Crippen LogP contribution in [0, 0.1) is 5.92 Å². The molecular weight excluding hydrogens is 260 g/mol. The Balaban J connectivity index is 1.27. The Hall–Kier alpha value is -1.61. The Morgan fingerprint density at radius 1 is 1.19 bits per heavy atom. The molecule has 1 atom stereocenters. The molecule has 3 rings (SSSR count). The maximum Gasteiger partial charge on any atom is 0.0925 e. The van der Waals surface area contributed by atoms with Crippen molar-refractivity contribution in [1.29, 1.82) is 0 Å². The summed E-state index contributed by atoms with van der Waals surface area (Å²) in [5, 5.41) is 0. The van der Waals surface area contributed by atoms with Gasteiger partial charge in [-0.3, -0.25) is 0 Å². The summed E-state index contributed by atoms with van der Waals surface area (Å²) in [6.07, 6.45) is 8.74. The van der Waals surface area contributed by atoms with Crippen molar-refractivity contribution in [2.45, 2.75) is 38.5 Å². The summed E-state index contributed by atoms with van der Waals surface area (Å²) in [5.74, 6) is 0.659. The molecule has 1 aromatic heterocycles. The van der Waals surface area contributed by atoms with Crippen LogP contribution in [0.15, 0.2) is 36.7 Å². The zero-order valence-corrected chi connectivity index (χ0v) is 12.6. The maximum atomic E-state index is 5.87. The van der Waals surface area contributed by atoms with Crippen LogP contribution in [0.4, 0.5) is 0 Å². The maximum absolute atomic E-state index is 5.87. The van der Waals surface area contributed by atoms with Crippen molar-refractivity contribution in [3.05, 3.63) is 53.6 Å². The fourth-order valence-electron chi connectivity index (χ4n) is 3.04. The number of hydrogen-bond acceptors (Lipinski definition) is 2. The molecular formula is C18H24N2O. The average Bonchev–Trinajstić information content (AvgIpc) is 2.99. The second-order valence-electron chi connectivity index (χ2n) is 5.95. The van der Waals surface area contributed by atoms with Crippen molar-refractivity contribution in [1.82, 2.24) is 9.97 Å². The predicted octanol–water partition coefficient (Wildman–Crippen LogP) is 3.55. The van der Waals surface area contributed by atoms with Crippen molar-refractivity contribution >= 4 is 0 Å². The van der Waals surface area contributed by atoms with E-state index >= 15 is 0 Å². The van der Waals surface area contributed by atoms with Gasteiger partial charge in [-0.25, -0.2) is 4.98 Å². The minimum absolute atomic E-state index is 0.659. The molecule has 0 saturated heterocycles. The van der Waals surface area contributed by atoms with Gasteiger partial charge in [-0.15, -0.1) is 0 Å². The lowest BCUT2D eigenvalue weighted by Gasteiger charge is -2.21. The number of rotatable bonds is 7. The minimum Gasteiger partial charge on any atom is -0.381 e. The number of fused-ring (bicyclic) bond motifs is 1. The first-order valence-corrected chi connectivity index (χ1v) is 8.04. The van der Waals surface area contributed by atoms with Crippen LogP contribution < -0.4 is 0 Å². The molecule has 1 heterocycles. The Morgan fingerprint density at radius 2 is 2.10 bits per heavy atom. The highest BCUT2D eigenvalue weighted by atomic mass is 16.5. The zero-order valence-electron chi connectivity index (χ0n) is 12.6. The van der Waals surface area contributed by atoms with Crippen LogP contribution in [0.25, 0.3) is 0 Å². The van der Waals surface area contributed by atoms with Gasteiger partial charge in [0.2, 0.25) is 0 Å². The third kappa shape index (κ3) is 4.18. The van der Waals surface area contributed by atoms with E-state index in [2.05, 4.69) is 40.3 Å². The van der Waals surface area contributed by atoms with Crippen LogP contribution in [0.2, 0.25) is 0 Å². The van der Waals surface area contributed by atoms with Gasteiger partial charge in [-0.1, -0.05) is 30.3 Å². The fourth-order valence-corrected chi connectivity index (χ4v) is 3.04. The smallest absolute Gasteiger partial charge is 0.0925 e. The number of benzene rings is 1. The first-order valence-electron chi connectivity index (χ1n) is 8.04. The highest BCUT2D eigenvalue weighted by Crippen LogP contribution is 2.22. The molecule has 0 bridgehead atoms. The molecule has 112 valence electrons. The molecule has 0 amide bonds. The lowest BCUT2D eigenvalue weighted by molar-refractivity contribution is 0.0911. The molecule has 1 aliphatic carbocycles. The highest BCUT2D eigenvalue weighted by Gasteiger charge is 2.20. The Kier molecular flexibility index (Phi) is 5.06. The molecule has 0 spiro atoms. The van der Waals surface area contributed by atoms with Gasteiger partial charge in [0.15, 0.2) is 0 Å². The Labute approximate surface area is 126 Å². The number of aromatic nitrogens is 2. The topological polar surface area (TPSA) is 37.9 Å². The molecule has 0 saturated carbocycles. The van der Waals surface area contributed by atoms with E-state index in [0.29, 0.717) is 5.92 Å². The lowest BCUT2D eigenvalue weighted by Crippen LogP contribution is -2.19. The van der Waals surface area contributed by atoms with Crippen LogP contribution in [-0.2, 0) is 24.0 Å². The molecule has 1 N–H and O–H groups in total. The van der Waals surface area contributed by atoms with Crippen LogP contribution in [0.5, 0.6) is 0 Å². The van der Waals surface area contributed by atoms with E-state index in [4.69, 9.17) is 4.74 Å². The van der Waals surface area contributed by atoms with Crippen molar-refractivity contribution < 1.29 is 4.74 Å². The van der Waals surface area contributed by atoms with Crippen molar-refractivity contribution in [3.63, 3.8) is 0 Å². The van der Waals surface area contributed by atoms with Gasteiger partial charge >= 0.3 is 0 Å². The summed E-state index contributed by atoms with van der Waals surface area (Å²) < 4.78 is 5.87. The Morgan fingerprint density at radius 3 is 3.00 bits per heavy atom. The summed E-state index contributed by atoms with van der Waals surface area (Å²) >= 11 is 0. The summed E-state index contributed by atoms with van der Waals surface area (Å²) in [5.41, 5.74) is 4.00. The van der Waals surface area contributed by atoms with E-state index in [-0.39, 0.29) is 0 Å². The molecule has 3 heteroatoms. The van der Waals surface area contributed by atoms with E-state index in [1.807, 2.05) is 6.33 Å². The number of unbranched alkanes of at least 4 members (excludes halogenated alkanes) is 1. The summed E-state index contributed by atoms with van der Waals surface area (Å²) in [4.78, 5) is 7.59. The van der Waals surface area contributed by atoms with E-state index in [1.165, 1.54) is 29.8 Å². The number of imidazole rings is 1. The third-order valence-electron chi connectivity index (χ3n) is 4.29. The van der Waals surface area contributed by atoms with E-state index in [9.17, 15) is 0 Å². The second-order valence-corrected chi connectivity index (χ2v) is 5.95. The number of H-pyrrole nitrogens is 1. The van der Waals surface area contributed by atoms with Crippen molar-refractivity contribution in [2.24, 2.45) is 5.92 Å². The van der Waals surface area contributed by atoms with Crippen molar-refractivity contribution in [2.75, 3.05) is 13.2 Å². The number of nitrogens with one attached hydrogen (secondary N) is 1. The Bertz CT molecular complexity index is 535. The van der Waals surface area contributed by atoms with Crippen molar-refractivity contribution in [3.8, 4) is 0 Å². The number of aryl methyl sites for hydroxylation is 2. The van der Waals surface area contributed by atoms with Crippen LogP contribution in [-0.4, -0.2) is 23.2 Å². The van der Waals surface area contributed by atoms with E-state index < -0.39 is 0 Å². The molecule has 0 aliphatic heterocycles. The standard InChI is InChI=1S/C18H24N2O/c1-2-6-15(7-3-1)8-4-5-11-21-13-16-9-10-17-18(12-16)20-14-19-17/h1-3,6-7,14,16H,4-5,8-13H2,(H,19,20). The van der Waals surface area contributed by atoms with Gasteiger partial charge in [-0.05, 0) is 50.0 Å². The van der Waals surface area contributed by atoms with E-state index in [0.717, 1.165) is 38.9 Å². The van der Waals surface area contributed by atoms with Crippen LogP contribution >= 0.6 is 0 Å². The SMILES string of the molecule is c1ccc(CCCCOCC2CCc3nc[nH]c3C2)cc1. The monoisotopic (exact) mass is 284 g/mol. The van der Waals surface area contributed by atoms with E-state index in [1.54, 1.807) is 0 Å². The van der Waals surface area contributed by atoms with Crippen LogP contribution in [0.3, 0.4) is 0 Å². The first kappa shape index (κ1) is 14.3. The average molecular weight is 284 g/mol. The largest absolute Gasteiger partial charge is 0.381 e. The molecule has 0 fully saturated rings. The zero-order chi connectivity index (χ0) is 14.3. The third-order valence-corrected chi connectivity index (χ3v) is 4.29. The van der Waals surface area contributed by atoms with Gasteiger partial charge < -0.3 is 9.72 Å².